The Morgan fingerprint density at radius 1 is 1.27 bits per heavy atom. The van der Waals surface area contributed by atoms with Crippen LogP contribution in [0.2, 0.25) is 0 Å². The van der Waals surface area contributed by atoms with Crippen LogP contribution in [-0.4, -0.2) is 11.8 Å². The fraction of sp³-hybridized carbons (Fsp3) is 0.667. The molecule has 1 rings (SSSR count). The summed E-state index contributed by atoms with van der Waals surface area (Å²) in [5.74, 6) is -0.351. The maximum atomic E-state index is 11.3. The van der Waals surface area contributed by atoms with Crippen LogP contribution >= 0.6 is 0 Å². The van der Waals surface area contributed by atoms with E-state index in [1.807, 2.05) is 6.92 Å². The molecule has 0 spiro atoms. The highest BCUT2D eigenvalue weighted by Gasteiger charge is 2.25. The van der Waals surface area contributed by atoms with Crippen LogP contribution in [0.3, 0.4) is 0 Å². The van der Waals surface area contributed by atoms with Crippen molar-refractivity contribution in [2.75, 3.05) is 0 Å². The van der Waals surface area contributed by atoms with Gasteiger partial charge in [0.1, 0.15) is 0 Å². The average Bonchev–Trinajstić information content (AvgIpc) is 2.52. The molecule has 1 aliphatic heterocycles. The zero-order valence-corrected chi connectivity index (χ0v) is 9.56. The van der Waals surface area contributed by atoms with Gasteiger partial charge < -0.3 is 0 Å². The molecule has 15 heavy (non-hydrogen) atoms. The van der Waals surface area contributed by atoms with Crippen LogP contribution in [0.25, 0.3) is 0 Å². The minimum absolute atomic E-state index is 0.164. The second-order valence-corrected chi connectivity index (χ2v) is 4.12. The number of nitrogens with one attached hydrogen (secondary N) is 1. The summed E-state index contributed by atoms with van der Waals surface area (Å²) in [5, 5.41) is 2.31. The Balaban J connectivity index is 2.43. The molecule has 3 nitrogen and oxygen atoms in total. The van der Waals surface area contributed by atoms with Crippen LogP contribution in [0.15, 0.2) is 11.1 Å². The normalized spacial score (nSPS) is 19.3. The Hall–Kier alpha value is -1.12. The predicted octanol–water partition coefficient (Wildman–Crippen LogP) is 2.32. The second kappa shape index (κ2) is 5.69. The van der Waals surface area contributed by atoms with E-state index in [0.29, 0.717) is 5.57 Å². The quantitative estimate of drug-likeness (QED) is 0.429. The second-order valence-electron chi connectivity index (χ2n) is 4.12. The number of hydrogen-bond acceptors (Lipinski definition) is 2. The van der Waals surface area contributed by atoms with E-state index < -0.39 is 0 Å². The third kappa shape index (κ3) is 3.50. The smallest absolute Gasteiger partial charge is 0.254 e. The Bertz CT molecular complexity index is 292. The van der Waals surface area contributed by atoms with Crippen LogP contribution in [0.5, 0.6) is 0 Å². The fourth-order valence-corrected chi connectivity index (χ4v) is 1.80. The lowest BCUT2D eigenvalue weighted by Crippen LogP contribution is -2.19. The monoisotopic (exact) mass is 209 g/mol. The molecule has 0 saturated carbocycles. The van der Waals surface area contributed by atoms with Gasteiger partial charge in [-0.05, 0) is 19.8 Å². The van der Waals surface area contributed by atoms with Crippen molar-refractivity contribution >= 4 is 11.8 Å². The zero-order valence-electron chi connectivity index (χ0n) is 9.56. The maximum Gasteiger partial charge on any atom is 0.254 e. The largest absolute Gasteiger partial charge is 0.292 e. The van der Waals surface area contributed by atoms with Crippen LogP contribution in [0.1, 0.15) is 52.4 Å². The zero-order chi connectivity index (χ0) is 11.3. The van der Waals surface area contributed by atoms with E-state index in [1.54, 1.807) is 0 Å². The first-order chi connectivity index (χ1) is 7.15. The van der Waals surface area contributed by atoms with E-state index in [9.17, 15) is 9.59 Å². The first-order valence-electron chi connectivity index (χ1n) is 5.68. The van der Waals surface area contributed by atoms with Crippen molar-refractivity contribution in [3.05, 3.63) is 11.1 Å². The number of imide groups is 1. The van der Waals surface area contributed by atoms with Gasteiger partial charge in [0.25, 0.3) is 5.91 Å². The molecular formula is C12H19NO2. The van der Waals surface area contributed by atoms with Crippen LogP contribution < -0.4 is 5.32 Å². The van der Waals surface area contributed by atoms with Crippen LogP contribution in [0.4, 0.5) is 0 Å². The van der Waals surface area contributed by atoms with Crippen LogP contribution in [0, 0.1) is 0 Å². The molecule has 0 atom stereocenters. The Labute approximate surface area is 90.9 Å². The van der Waals surface area contributed by atoms with E-state index in [1.165, 1.54) is 19.3 Å². The molecule has 0 aromatic carbocycles. The lowest BCUT2D eigenvalue weighted by molar-refractivity contribution is -0.124. The van der Waals surface area contributed by atoms with Gasteiger partial charge in [0.05, 0.1) is 6.42 Å². The highest BCUT2D eigenvalue weighted by molar-refractivity contribution is 6.13. The summed E-state index contributed by atoms with van der Waals surface area (Å²) in [6.07, 6.45) is 6.00. The molecular weight excluding hydrogens is 190 g/mol. The Morgan fingerprint density at radius 3 is 2.53 bits per heavy atom. The highest BCUT2D eigenvalue weighted by atomic mass is 16.2. The maximum absolute atomic E-state index is 11.3. The van der Waals surface area contributed by atoms with Crippen molar-refractivity contribution in [3.8, 4) is 0 Å². The molecule has 84 valence electrons. The van der Waals surface area contributed by atoms with E-state index >= 15 is 0 Å². The minimum Gasteiger partial charge on any atom is -0.292 e. The van der Waals surface area contributed by atoms with Crippen molar-refractivity contribution in [3.63, 3.8) is 0 Å². The average molecular weight is 209 g/mol. The van der Waals surface area contributed by atoms with Gasteiger partial charge in [-0.25, -0.2) is 0 Å². The lowest BCUT2D eigenvalue weighted by Gasteiger charge is -2.03. The summed E-state index contributed by atoms with van der Waals surface area (Å²) in [6.45, 7) is 4.13. The predicted molar refractivity (Wildman–Crippen MR) is 59.2 cm³/mol. The number of hydrogen-bond donors (Lipinski definition) is 1. The molecule has 0 radical (unpaired) electrons. The number of allylic oxidation sites excluding steroid dienone is 1. The molecule has 0 aromatic heterocycles. The molecule has 1 fully saturated rings. The molecule has 2 amide bonds. The van der Waals surface area contributed by atoms with Gasteiger partial charge in [-0.3, -0.25) is 14.9 Å². The number of rotatable bonds is 5. The number of amides is 2. The third-order valence-corrected chi connectivity index (χ3v) is 2.78. The van der Waals surface area contributed by atoms with Crippen molar-refractivity contribution in [1.82, 2.24) is 5.32 Å². The number of carbonyl (C=O) groups excluding carboxylic acids is 2. The Morgan fingerprint density at radius 2 is 2.00 bits per heavy atom. The van der Waals surface area contributed by atoms with Gasteiger partial charge in [-0.15, -0.1) is 0 Å². The molecule has 1 aliphatic rings. The van der Waals surface area contributed by atoms with Crippen molar-refractivity contribution in [2.24, 2.45) is 0 Å². The van der Waals surface area contributed by atoms with Gasteiger partial charge >= 0.3 is 0 Å². The first-order valence-corrected chi connectivity index (χ1v) is 5.68. The topological polar surface area (TPSA) is 46.2 Å². The molecule has 0 bridgehead atoms. The van der Waals surface area contributed by atoms with Gasteiger partial charge in [-0.2, -0.15) is 0 Å². The van der Waals surface area contributed by atoms with E-state index in [-0.39, 0.29) is 18.2 Å². The van der Waals surface area contributed by atoms with Crippen molar-refractivity contribution in [2.45, 2.75) is 52.4 Å². The summed E-state index contributed by atoms with van der Waals surface area (Å²) in [7, 11) is 0. The number of carbonyl (C=O) groups is 2. The molecule has 1 N–H and O–H groups in total. The van der Waals surface area contributed by atoms with Crippen molar-refractivity contribution < 1.29 is 9.59 Å². The van der Waals surface area contributed by atoms with Gasteiger partial charge in [0.2, 0.25) is 5.91 Å². The third-order valence-electron chi connectivity index (χ3n) is 2.78. The molecule has 0 aromatic rings. The van der Waals surface area contributed by atoms with Gasteiger partial charge in [0.15, 0.2) is 0 Å². The van der Waals surface area contributed by atoms with E-state index in [4.69, 9.17) is 0 Å². The molecule has 3 heteroatoms. The summed E-state index contributed by atoms with van der Waals surface area (Å²) in [6, 6.07) is 0. The van der Waals surface area contributed by atoms with Crippen LogP contribution in [-0.2, 0) is 9.59 Å². The first kappa shape index (κ1) is 12.0. The lowest BCUT2D eigenvalue weighted by atomic mass is 10.0. The summed E-state index contributed by atoms with van der Waals surface area (Å²) in [5.41, 5.74) is 1.77. The minimum atomic E-state index is -0.187. The summed E-state index contributed by atoms with van der Waals surface area (Å²) < 4.78 is 0. The summed E-state index contributed by atoms with van der Waals surface area (Å²) in [4.78, 5) is 22.3. The van der Waals surface area contributed by atoms with Crippen molar-refractivity contribution in [1.29, 1.82) is 0 Å². The summed E-state index contributed by atoms with van der Waals surface area (Å²) >= 11 is 0. The van der Waals surface area contributed by atoms with Gasteiger partial charge in [-0.1, -0.05) is 31.8 Å². The number of unbranched alkanes of at least 4 members (excludes halogenated alkanes) is 3. The molecule has 1 saturated heterocycles. The van der Waals surface area contributed by atoms with Gasteiger partial charge in [0, 0.05) is 5.57 Å². The standard InChI is InChI=1S/C12H19NO2/c1-3-4-5-6-7-9(2)10-8-11(14)13-12(10)15/h3-8H2,1-2H3,(H,13,14,15)/b10-9+. The Kier molecular flexibility index (Phi) is 4.53. The molecule has 0 aliphatic carbocycles. The molecule has 0 unspecified atom stereocenters. The van der Waals surface area contributed by atoms with E-state index in [2.05, 4.69) is 12.2 Å². The fourth-order valence-electron chi connectivity index (χ4n) is 1.80. The molecule has 1 heterocycles. The van der Waals surface area contributed by atoms with E-state index in [0.717, 1.165) is 18.4 Å². The highest BCUT2D eigenvalue weighted by Crippen LogP contribution is 2.19. The SMILES string of the molecule is CCCCCC/C(C)=C1\CC(=O)NC1=O.